The zero-order valence-corrected chi connectivity index (χ0v) is 13.2. The number of aliphatic hydroxyl groups is 1. The van der Waals surface area contributed by atoms with Crippen molar-refractivity contribution in [3.05, 3.63) is 34.9 Å². The second kappa shape index (κ2) is 7.08. The van der Waals surface area contributed by atoms with Gasteiger partial charge in [0.1, 0.15) is 5.60 Å². The maximum absolute atomic E-state index is 11.7. The molecule has 0 bridgehead atoms. The standard InChI is InChI=1S/C18H26O3/c1-3-21-17(19)14(2)12-13-18(20,15-8-4-5-9-15)16-10-6-7-11-16/h8,10,12,20H,3-7,9,11,13H2,1-2H3. The number of allylic oxidation sites excluding steroid dienone is 2. The Morgan fingerprint density at radius 3 is 2.29 bits per heavy atom. The van der Waals surface area contributed by atoms with Crippen LogP contribution in [0.2, 0.25) is 0 Å². The van der Waals surface area contributed by atoms with Gasteiger partial charge in [0.2, 0.25) is 0 Å². The summed E-state index contributed by atoms with van der Waals surface area (Å²) in [5.74, 6) is -0.291. The molecule has 0 fully saturated rings. The van der Waals surface area contributed by atoms with Crippen LogP contribution in [0, 0.1) is 0 Å². The Labute approximate surface area is 127 Å². The molecule has 0 saturated heterocycles. The lowest BCUT2D eigenvalue weighted by Gasteiger charge is -2.31. The minimum absolute atomic E-state index is 0.291. The summed E-state index contributed by atoms with van der Waals surface area (Å²) >= 11 is 0. The van der Waals surface area contributed by atoms with Crippen LogP contribution in [-0.2, 0) is 9.53 Å². The van der Waals surface area contributed by atoms with Crippen LogP contribution in [0.1, 0.15) is 58.8 Å². The van der Waals surface area contributed by atoms with Gasteiger partial charge < -0.3 is 9.84 Å². The molecule has 1 N–H and O–H groups in total. The molecule has 0 radical (unpaired) electrons. The van der Waals surface area contributed by atoms with E-state index >= 15 is 0 Å². The molecule has 0 atom stereocenters. The monoisotopic (exact) mass is 290 g/mol. The Bertz CT molecular complexity index is 459. The molecule has 0 heterocycles. The fraction of sp³-hybridized carbons (Fsp3) is 0.611. The quantitative estimate of drug-likeness (QED) is 0.459. The highest BCUT2D eigenvalue weighted by molar-refractivity contribution is 5.87. The van der Waals surface area contributed by atoms with Crippen molar-refractivity contribution in [1.29, 1.82) is 0 Å². The third-order valence-corrected chi connectivity index (χ3v) is 4.45. The van der Waals surface area contributed by atoms with Gasteiger partial charge in [0.25, 0.3) is 0 Å². The summed E-state index contributed by atoms with van der Waals surface area (Å²) in [6.07, 6.45) is 12.9. The van der Waals surface area contributed by atoms with Gasteiger partial charge in [-0.1, -0.05) is 18.2 Å². The van der Waals surface area contributed by atoms with Crippen LogP contribution < -0.4 is 0 Å². The van der Waals surface area contributed by atoms with E-state index in [9.17, 15) is 9.90 Å². The molecule has 0 amide bonds. The molecule has 0 unspecified atom stereocenters. The highest BCUT2D eigenvalue weighted by atomic mass is 16.5. The van der Waals surface area contributed by atoms with Crippen molar-refractivity contribution >= 4 is 5.97 Å². The van der Waals surface area contributed by atoms with Gasteiger partial charge in [-0.25, -0.2) is 4.79 Å². The number of carbonyl (C=O) groups is 1. The molecule has 0 aromatic rings. The third-order valence-electron chi connectivity index (χ3n) is 4.45. The second-order valence-electron chi connectivity index (χ2n) is 5.92. The molecular weight excluding hydrogens is 264 g/mol. The lowest BCUT2D eigenvalue weighted by atomic mass is 9.81. The van der Waals surface area contributed by atoms with Crippen molar-refractivity contribution < 1.29 is 14.6 Å². The van der Waals surface area contributed by atoms with E-state index in [1.807, 2.05) is 6.08 Å². The van der Waals surface area contributed by atoms with E-state index in [1.54, 1.807) is 13.8 Å². The van der Waals surface area contributed by atoms with Gasteiger partial charge in [-0.2, -0.15) is 0 Å². The lowest BCUT2D eigenvalue weighted by molar-refractivity contribution is -0.138. The Balaban J connectivity index is 2.17. The summed E-state index contributed by atoms with van der Waals surface area (Å²) in [5, 5.41) is 11.2. The largest absolute Gasteiger partial charge is 0.463 e. The SMILES string of the molecule is CCOC(=O)C(C)=CCC(O)(C1=CCCC1)C1=CCCC1. The predicted octanol–water partition coefficient (Wildman–Crippen LogP) is 3.84. The summed E-state index contributed by atoms with van der Waals surface area (Å²) in [4.78, 5) is 11.7. The minimum atomic E-state index is -0.888. The van der Waals surface area contributed by atoms with Crippen LogP contribution in [-0.4, -0.2) is 23.3 Å². The van der Waals surface area contributed by atoms with Crippen molar-refractivity contribution in [1.82, 2.24) is 0 Å². The van der Waals surface area contributed by atoms with E-state index < -0.39 is 5.60 Å². The van der Waals surface area contributed by atoms with Gasteiger partial charge in [0.15, 0.2) is 0 Å². The summed E-state index contributed by atoms with van der Waals surface area (Å²) < 4.78 is 5.00. The number of rotatable bonds is 6. The van der Waals surface area contributed by atoms with Crippen LogP contribution >= 0.6 is 0 Å². The lowest BCUT2D eigenvalue weighted by Crippen LogP contribution is -2.32. The summed E-state index contributed by atoms with van der Waals surface area (Å²) in [6.45, 7) is 3.93. The molecular formula is C18H26O3. The Kier molecular flexibility index (Phi) is 5.40. The molecule has 2 aliphatic rings. The fourth-order valence-corrected chi connectivity index (χ4v) is 3.19. The first kappa shape index (κ1) is 16.0. The Hall–Kier alpha value is -1.35. The molecule has 116 valence electrons. The number of carbonyl (C=O) groups excluding carboxylic acids is 1. The van der Waals surface area contributed by atoms with Crippen molar-refractivity contribution in [2.45, 2.75) is 64.4 Å². The molecule has 0 saturated carbocycles. The van der Waals surface area contributed by atoms with E-state index in [-0.39, 0.29) is 5.97 Å². The summed E-state index contributed by atoms with van der Waals surface area (Å²) in [5.41, 5.74) is 1.94. The molecule has 2 aliphatic carbocycles. The highest BCUT2D eigenvalue weighted by Gasteiger charge is 2.36. The molecule has 0 aromatic carbocycles. The second-order valence-corrected chi connectivity index (χ2v) is 5.92. The summed E-state index contributed by atoms with van der Waals surface area (Å²) in [6, 6.07) is 0. The van der Waals surface area contributed by atoms with Gasteiger partial charge in [0.05, 0.1) is 6.61 Å². The van der Waals surface area contributed by atoms with Gasteiger partial charge >= 0.3 is 5.97 Å². The zero-order chi connectivity index (χ0) is 15.3. The van der Waals surface area contributed by atoms with Crippen LogP contribution in [0.3, 0.4) is 0 Å². The molecule has 3 heteroatoms. The van der Waals surface area contributed by atoms with Crippen molar-refractivity contribution in [2.24, 2.45) is 0 Å². The maximum Gasteiger partial charge on any atom is 0.333 e. The minimum Gasteiger partial charge on any atom is -0.463 e. The molecule has 0 spiro atoms. The van der Waals surface area contributed by atoms with E-state index in [1.165, 1.54) is 0 Å². The predicted molar refractivity (Wildman–Crippen MR) is 83.8 cm³/mol. The Morgan fingerprint density at radius 1 is 1.29 bits per heavy atom. The number of esters is 1. The van der Waals surface area contributed by atoms with Crippen LogP contribution in [0.15, 0.2) is 34.9 Å². The zero-order valence-electron chi connectivity index (χ0n) is 13.2. The van der Waals surface area contributed by atoms with Gasteiger partial charge in [0, 0.05) is 12.0 Å². The smallest absolute Gasteiger partial charge is 0.333 e. The molecule has 2 rings (SSSR count). The van der Waals surface area contributed by atoms with E-state index in [0.29, 0.717) is 18.6 Å². The first-order chi connectivity index (χ1) is 10.1. The number of hydrogen-bond acceptors (Lipinski definition) is 3. The van der Waals surface area contributed by atoms with Gasteiger partial charge in [-0.15, -0.1) is 0 Å². The molecule has 0 aromatic heterocycles. The van der Waals surface area contributed by atoms with Crippen molar-refractivity contribution in [2.75, 3.05) is 6.61 Å². The van der Waals surface area contributed by atoms with Crippen LogP contribution in [0.5, 0.6) is 0 Å². The number of ether oxygens (including phenoxy) is 1. The number of hydrogen-bond donors (Lipinski definition) is 1. The highest BCUT2D eigenvalue weighted by Crippen LogP contribution is 2.41. The fourth-order valence-electron chi connectivity index (χ4n) is 3.19. The molecule has 3 nitrogen and oxygen atoms in total. The topological polar surface area (TPSA) is 46.5 Å². The van der Waals surface area contributed by atoms with Gasteiger partial charge in [-0.05, 0) is 63.5 Å². The van der Waals surface area contributed by atoms with E-state index in [2.05, 4.69) is 12.2 Å². The van der Waals surface area contributed by atoms with Crippen LogP contribution in [0.25, 0.3) is 0 Å². The first-order valence-corrected chi connectivity index (χ1v) is 8.03. The normalized spacial score (nSPS) is 19.5. The van der Waals surface area contributed by atoms with Gasteiger partial charge in [-0.3, -0.25) is 0 Å². The third kappa shape index (κ3) is 3.65. The first-order valence-electron chi connectivity index (χ1n) is 8.03. The molecule has 0 aliphatic heterocycles. The van der Waals surface area contributed by atoms with Crippen molar-refractivity contribution in [3.63, 3.8) is 0 Å². The molecule has 21 heavy (non-hydrogen) atoms. The Morgan fingerprint density at radius 2 is 1.86 bits per heavy atom. The average molecular weight is 290 g/mol. The maximum atomic E-state index is 11.7. The van der Waals surface area contributed by atoms with Crippen LogP contribution in [0.4, 0.5) is 0 Å². The average Bonchev–Trinajstić information content (AvgIpc) is 3.16. The van der Waals surface area contributed by atoms with Crippen molar-refractivity contribution in [3.8, 4) is 0 Å². The van der Waals surface area contributed by atoms with E-state index in [0.717, 1.165) is 49.7 Å². The van der Waals surface area contributed by atoms with E-state index in [4.69, 9.17) is 4.74 Å². The summed E-state index contributed by atoms with van der Waals surface area (Å²) in [7, 11) is 0.